The number of halogens is 2. The van der Waals surface area contributed by atoms with Gasteiger partial charge in [-0.25, -0.2) is 4.79 Å². The predicted octanol–water partition coefficient (Wildman–Crippen LogP) is 6.87. The number of hydrogen-bond acceptors (Lipinski definition) is 5. The number of likely N-dealkylation sites (tertiary alicyclic amines) is 2. The molecule has 0 saturated carbocycles. The molecule has 2 unspecified atom stereocenters. The van der Waals surface area contributed by atoms with Gasteiger partial charge in [-0.2, -0.15) is 0 Å². The molecular formula is C39H52BrClN6O2. The zero-order valence-electron chi connectivity index (χ0n) is 28.6. The fourth-order valence-electron chi connectivity index (χ4n) is 8.06. The Morgan fingerprint density at radius 2 is 1.67 bits per heavy atom. The summed E-state index contributed by atoms with van der Waals surface area (Å²) in [5.41, 5.74) is 10.8. The SMILES string of the molecule is C=CC1=CC(N2CCC(N3CCN(C(=O)CC4CCN(C(N)=O)CC4)C(Cc4ccccc4)C3)CC2)c2ccc(Cl)cc2CC1.N=CCBr. The number of aryl methyl sites for hydroxylation is 1. The normalized spacial score (nSPS) is 22.6. The van der Waals surface area contributed by atoms with Gasteiger partial charge in [0.25, 0.3) is 0 Å². The van der Waals surface area contributed by atoms with Crippen LogP contribution in [0.5, 0.6) is 0 Å². The van der Waals surface area contributed by atoms with E-state index in [2.05, 4.69) is 85.7 Å². The number of hydrogen-bond donors (Lipinski definition) is 2. The Hall–Kier alpha value is -2.98. The van der Waals surface area contributed by atoms with Crippen molar-refractivity contribution in [3.63, 3.8) is 0 Å². The molecule has 3 amide bonds. The summed E-state index contributed by atoms with van der Waals surface area (Å²) in [6, 6.07) is 17.6. The number of piperidine rings is 2. The highest BCUT2D eigenvalue weighted by Crippen LogP contribution is 2.36. The van der Waals surface area contributed by atoms with E-state index in [0.29, 0.717) is 36.8 Å². The van der Waals surface area contributed by atoms with Crippen LogP contribution in [0.2, 0.25) is 5.02 Å². The van der Waals surface area contributed by atoms with E-state index in [1.54, 1.807) is 4.90 Å². The van der Waals surface area contributed by atoms with Crippen LogP contribution in [0.1, 0.15) is 61.3 Å². The zero-order valence-corrected chi connectivity index (χ0v) is 31.0. The lowest BCUT2D eigenvalue weighted by atomic mass is 9.91. The average Bonchev–Trinajstić information content (AvgIpc) is 3.31. The van der Waals surface area contributed by atoms with Crippen LogP contribution in [0.4, 0.5) is 4.79 Å². The second-order valence-electron chi connectivity index (χ2n) is 13.8. The van der Waals surface area contributed by atoms with Crippen LogP contribution < -0.4 is 5.73 Å². The molecule has 2 aromatic carbocycles. The van der Waals surface area contributed by atoms with Gasteiger partial charge in [0.05, 0.1) is 6.04 Å². The number of alkyl halides is 1. The fraction of sp³-hybridized carbons (Fsp3) is 0.513. The third-order valence-corrected chi connectivity index (χ3v) is 11.3. The maximum Gasteiger partial charge on any atom is 0.314 e. The maximum atomic E-state index is 13.8. The quantitative estimate of drug-likeness (QED) is 0.227. The molecule has 0 spiro atoms. The molecule has 3 heterocycles. The van der Waals surface area contributed by atoms with Crippen LogP contribution in [0.25, 0.3) is 0 Å². The van der Waals surface area contributed by atoms with Crippen molar-refractivity contribution < 1.29 is 9.59 Å². The number of allylic oxidation sites excluding steroid dienone is 2. The van der Waals surface area contributed by atoms with Gasteiger partial charge in [0, 0.05) is 80.9 Å². The van der Waals surface area contributed by atoms with Crippen molar-refractivity contribution in [3.05, 3.63) is 94.5 Å². The molecule has 264 valence electrons. The standard InChI is InChI=1S/C37H48ClN5O2.C2H4BrN/c1-2-27-8-9-30-25-31(38)10-11-34(30)35(23-27)40-18-14-32(15-19-40)42-20-21-43(33(26-42)22-28-6-4-3-5-7-28)36(44)24-29-12-16-41(17-13-29)37(39)45;3-1-2-4/h2-7,10-11,23,25,29,32-33,35H,1,8-9,12-22,24,26H2,(H2,39,45);2,4H,1H2. The number of fused-ring (bicyclic) bond motifs is 1. The first-order chi connectivity index (χ1) is 23.8. The molecule has 0 radical (unpaired) electrons. The van der Waals surface area contributed by atoms with Gasteiger partial charge in [-0.3, -0.25) is 14.6 Å². The van der Waals surface area contributed by atoms with Gasteiger partial charge in [-0.15, -0.1) is 0 Å². The summed E-state index contributed by atoms with van der Waals surface area (Å²) >= 11 is 9.40. The van der Waals surface area contributed by atoms with Crippen molar-refractivity contribution in [1.82, 2.24) is 19.6 Å². The molecule has 3 fully saturated rings. The third-order valence-electron chi connectivity index (χ3n) is 10.8. The molecule has 1 aliphatic carbocycles. The first-order valence-corrected chi connectivity index (χ1v) is 19.3. The zero-order chi connectivity index (χ0) is 34.8. The number of nitrogens with zero attached hydrogens (tertiary/aromatic N) is 4. The number of piperazine rings is 1. The number of rotatable bonds is 8. The van der Waals surface area contributed by atoms with Gasteiger partial charge >= 0.3 is 6.03 Å². The van der Waals surface area contributed by atoms with Crippen LogP contribution in [0.3, 0.4) is 0 Å². The first kappa shape index (κ1) is 37.3. The van der Waals surface area contributed by atoms with Crippen molar-refractivity contribution in [1.29, 1.82) is 5.41 Å². The number of primary amides is 1. The Bertz CT molecular complexity index is 1450. The minimum absolute atomic E-state index is 0.161. The summed E-state index contributed by atoms with van der Waals surface area (Å²) < 4.78 is 0. The number of amides is 3. The van der Waals surface area contributed by atoms with Crippen molar-refractivity contribution in [2.24, 2.45) is 11.7 Å². The lowest BCUT2D eigenvalue weighted by Crippen LogP contribution is -2.59. The van der Waals surface area contributed by atoms with Crippen molar-refractivity contribution >= 4 is 45.7 Å². The smallest absolute Gasteiger partial charge is 0.314 e. The highest BCUT2D eigenvalue weighted by atomic mass is 79.9. The van der Waals surface area contributed by atoms with Gasteiger partial charge < -0.3 is 20.9 Å². The first-order valence-electron chi connectivity index (χ1n) is 17.8. The maximum absolute atomic E-state index is 13.8. The van der Waals surface area contributed by atoms with Crippen molar-refractivity contribution in [2.45, 2.75) is 69.5 Å². The Balaban J connectivity index is 0.00000111. The van der Waals surface area contributed by atoms with Gasteiger partial charge in [-0.05, 0) is 79.7 Å². The summed E-state index contributed by atoms with van der Waals surface area (Å²) in [4.78, 5) is 34.5. The van der Waals surface area contributed by atoms with Crippen LogP contribution >= 0.6 is 27.5 Å². The molecule has 2 atom stereocenters. The van der Waals surface area contributed by atoms with E-state index in [9.17, 15) is 9.59 Å². The Morgan fingerprint density at radius 1 is 0.959 bits per heavy atom. The summed E-state index contributed by atoms with van der Waals surface area (Å²) in [6.07, 6.45) is 13.1. The molecule has 6 rings (SSSR count). The summed E-state index contributed by atoms with van der Waals surface area (Å²) in [5.74, 6) is 0.577. The minimum atomic E-state index is -0.355. The van der Waals surface area contributed by atoms with E-state index in [-0.39, 0.29) is 24.0 Å². The average molecular weight is 752 g/mol. The lowest BCUT2D eigenvalue weighted by molar-refractivity contribution is -0.138. The monoisotopic (exact) mass is 750 g/mol. The number of carbonyl (C=O) groups is 2. The minimum Gasteiger partial charge on any atom is -0.351 e. The molecular weight excluding hydrogens is 700 g/mol. The molecule has 3 aliphatic heterocycles. The topological polar surface area (TPSA) is 97.0 Å². The largest absolute Gasteiger partial charge is 0.351 e. The Morgan fingerprint density at radius 3 is 2.33 bits per heavy atom. The molecule has 10 heteroatoms. The molecule has 4 aliphatic rings. The Kier molecular flexibility index (Phi) is 13.9. The molecule has 49 heavy (non-hydrogen) atoms. The molecule has 0 aromatic heterocycles. The number of nitrogens with two attached hydrogens (primary N) is 1. The number of benzene rings is 2. The second kappa shape index (κ2) is 18.3. The molecule has 2 aromatic rings. The van der Waals surface area contributed by atoms with Gasteiger partial charge in [0.2, 0.25) is 5.91 Å². The van der Waals surface area contributed by atoms with Crippen molar-refractivity contribution in [3.8, 4) is 0 Å². The van der Waals surface area contributed by atoms with Gasteiger partial charge in [-0.1, -0.05) is 88.2 Å². The summed E-state index contributed by atoms with van der Waals surface area (Å²) in [5, 5.41) is 7.76. The lowest BCUT2D eigenvalue weighted by Gasteiger charge is -2.47. The third kappa shape index (κ3) is 10.1. The van der Waals surface area contributed by atoms with E-state index in [1.165, 1.54) is 28.5 Å². The fourth-order valence-corrected chi connectivity index (χ4v) is 8.25. The summed E-state index contributed by atoms with van der Waals surface area (Å²) in [7, 11) is 0. The van der Waals surface area contributed by atoms with Crippen LogP contribution in [-0.4, -0.2) is 101 Å². The molecule has 3 N–H and O–H groups in total. The Labute approximate surface area is 306 Å². The highest BCUT2D eigenvalue weighted by molar-refractivity contribution is 9.09. The van der Waals surface area contributed by atoms with E-state index in [1.807, 2.05) is 12.1 Å². The van der Waals surface area contributed by atoms with E-state index < -0.39 is 0 Å². The van der Waals surface area contributed by atoms with Gasteiger partial charge in [0.15, 0.2) is 0 Å². The molecule has 0 bridgehead atoms. The predicted molar refractivity (Wildman–Crippen MR) is 204 cm³/mol. The van der Waals surface area contributed by atoms with Gasteiger partial charge in [0.1, 0.15) is 0 Å². The van der Waals surface area contributed by atoms with Crippen LogP contribution in [0, 0.1) is 11.3 Å². The highest BCUT2D eigenvalue weighted by Gasteiger charge is 2.37. The van der Waals surface area contributed by atoms with E-state index >= 15 is 0 Å². The summed E-state index contributed by atoms with van der Waals surface area (Å²) in [6.45, 7) is 10.1. The number of nitrogens with one attached hydrogen (secondary N) is 1. The number of carbonyl (C=O) groups excluding carboxylic acids is 2. The molecule has 3 saturated heterocycles. The molecule has 8 nitrogen and oxygen atoms in total. The van der Waals surface area contributed by atoms with E-state index in [0.717, 1.165) is 82.7 Å². The number of urea groups is 1. The van der Waals surface area contributed by atoms with E-state index in [4.69, 9.17) is 22.7 Å². The van der Waals surface area contributed by atoms with Crippen molar-refractivity contribution in [2.75, 3.05) is 51.1 Å². The van der Waals surface area contributed by atoms with Crippen LogP contribution in [0.15, 0.2) is 72.8 Å². The van der Waals surface area contributed by atoms with Crippen LogP contribution in [-0.2, 0) is 17.6 Å². The second-order valence-corrected chi connectivity index (χ2v) is 14.8.